The Bertz CT molecular complexity index is 1180. The minimum Gasteiger partial charge on any atom is -0.346 e. The predicted molar refractivity (Wildman–Crippen MR) is 131 cm³/mol. The first-order valence-corrected chi connectivity index (χ1v) is 11.6. The van der Waals surface area contributed by atoms with E-state index in [0.717, 1.165) is 42.8 Å². The summed E-state index contributed by atoms with van der Waals surface area (Å²) in [6.45, 7) is 9.04. The van der Waals surface area contributed by atoms with Gasteiger partial charge < -0.3 is 14.8 Å². The summed E-state index contributed by atoms with van der Waals surface area (Å²) in [6.07, 6.45) is 3.15. The van der Waals surface area contributed by atoms with E-state index >= 15 is 0 Å². The van der Waals surface area contributed by atoms with Crippen LogP contribution in [0.2, 0.25) is 0 Å². The maximum Gasteiger partial charge on any atom is 0.224 e. The highest BCUT2D eigenvalue weighted by Crippen LogP contribution is 2.21. The highest BCUT2D eigenvalue weighted by atomic mass is 16.1. The second kappa shape index (κ2) is 10.9. The molecule has 1 N–H and O–H groups in total. The first-order valence-electron chi connectivity index (χ1n) is 11.6. The molecule has 0 aliphatic rings. The number of aryl methyl sites for hydroxylation is 1. The van der Waals surface area contributed by atoms with Crippen molar-refractivity contribution in [3.63, 3.8) is 0 Å². The van der Waals surface area contributed by atoms with Gasteiger partial charge in [0.15, 0.2) is 0 Å². The topological polar surface area (TPSA) is 80.9 Å². The summed E-state index contributed by atoms with van der Waals surface area (Å²) in [7, 11) is 0. The van der Waals surface area contributed by atoms with Gasteiger partial charge in [-0.3, -0.25) is 4.79 Å². The lowest BCUT2D eigenvalue weighted by molar-refractivity contribution is -0.116. The van der Waals surface area contributed by atoms with Crippen LogP contribution >= 0.6 is 0 Å². The highest BCUT2D eigenvalue weighted by Gasteiger charge is 2.09. The molecular weight excluding hydrogens is 414 g/mol. The van der Waals surface area contributed by atoms with Crippen LogP contribution in [0.5, 0.6) is 0 Å². The fourth-order valence-electron chi connectivity index (χ4n) is 3.91. The predicted octanol–water partition coefficient (Wildman–Crippen LogP) is 4.06. The number of nitrogens with zero attached hydrogens (tertiary/aromatic N) is 6. The number of carbonyl (C=O) groups is 1. The zero-order chi connectivity index (χ0) is 23.0. The standard InChI is InChI=1S/C25H31N7O/c1-3-30(4-2)17-18-31-16-14-21-19-22(12-13-23(21)31)26-24(33)11-8-15-32-28-25(27-29-32)20-9-6-5-7-10-20/h5-7,9-10,12-14,16,19H,3-4,8,11,15,17-18H2,1-2H3,(H,26,33). The summed E-state index contributed by atoms with van der Waals surface area (Å²) < 4.78 is 2.27. The van der Waals surface area contributed by atoms with E-state index in [1.54, 1.807) is 4.80 Å². The van der Waals surface area contributed by atoms with Crippen molar-refractivity contribution in [2.75, 3.05) is 25.0 Å². The van der Waals surface area contributed by atoms with Gasteiger partial charge in [-0.25, -0.2) is 0 Å². The Kier molecular flexibility index (Phi) is 7.47. The molecule has 172 valence electrons. The minimum absolute atomic E-state index is 0.0151. The molecule has 0 aliphatic carbocycles. The molecule has 2 heterocycles. The molecule has 0 fully saturated rings. The van der Waals surface area contributed by atoms with Crippen LogP contribution in [0.15, 0.2) is 60.8 Å². The Labute approximate surface area is 194 Å². The highest BCUT2D eigenvalue weighted by molar-refractivity contribution is 5.93. The fourth-order valence-corrected chi connectivity index (χ4v) is 3.91. The van der Waals surface area contributed by atoms with Crippen molar-refractivity contribution in [3.8, 4) is 11.4 Å². The first-order chi connectivity index (χ1) is 16.2. The molecule has 0 saturated carbocycles. The van der Waals surface area contributed by atoms with Gasteiger partial charge in [-0.15, -0.1) is 10.2 Å². The van der Waals surface area contributed by atoms with Crippen LogP contribution in [-0.4, -0.2) is 55.2 Å². The fraction of sp³-hybridized carbons (Fsp3) is 0.360. The van der Waals surface area contributed by atoms with Crippen LogP contribution in [0.1, 0.15) is 26.7 Å². The number of amides is 1. The number of likely N-dealkylation sites (N-methyl/N-ethyl adjacent to an activating group) is 1. The lowest BCUT2D eigenvalue weighted by Crippen LogP contribution is -2.26. The average Bonchev–Trinajstić information content (AvgIpc) is 3.47. The first kappa shape index (κ1) is 22.7. The van der Waals surface area contributed by atoms with Crippen LogP contribution in [-0.2, 0) is 17.9 Å². The van der Waals surface area contributed by atoms with Crippen LogP contribution in [0.25, 0.3) is 22.3 Å². The molecule has 0 bridgehead atoms. The summed E-state index contributed by atoms with van der Waals surface area (Å²) >= 11 is 0. The molecule has 0 saturated heterocycles. The second-order valence-electron chi connectivity index (χ2n) is 8.04. The molecule has 0 aliphatic heterocycles. The molecule has 8 heteroatoms. The molecule has 2 aromatic heterocycles. The Balaban J connectivity index is 1.27. The van der Waals surface area contributed by atoms with Gasteiger partial charge >= 0.3 is 0 Å². The third-order valence-electron chi connectivity index (χ3n) is 5.85. The van der Waals surface area contributed by atoms with Gasteiger partial charge in [0, 0.05) is 47.9 Å². The van der Waals surface area contributed by atoms with Crippen LogP contribution in [0.3, 0.4) is 0 Å². The molecule has 33 heavy (non-hydrogen) atoms. The van der Waals surface area contributed by atoms with E-state index in [1.165, 1.54) is 5.52 Å². The number of nitrogens with one attached hydrogen (secondary N) is 1. The van der Waals surface area contributed by atoms with Crippen molar-refractivity contribution in [2.24, 2.45) is 0 Å². The Morgan fingerprint density at radius 1 is 1.03 bits per heavy atom. The second-order valence-corrected chi connectivity index (χ2v) is 8.04. The summed E-state index contributed by atoms with van der Waals surface area (Å²) in [5, 5.41) is 16.7. The molecule has 1 amide bonds. The summed E-state index contributed by atoms with van der Waals surface area (Å²) in [4.78, 5) is 16.4. The number of benzene rings is 2. The van der Waals surface area contributed by atoms with E-state index in [2.05, 4.69) is 62.4 Å². The van der Waals surface area contributed by atoms with Gasteiger partial charge in [-0.1, -0.05) is 44.2 Å². The van der Waals surface area contributed by atoms with Gasteiger partial charge in [-0.2, -0.15) is 4.80 Å². The minimum atomic E-state index is -0.0151. The summed E-state index contributed by atoms with van der Waals surface area (Å²) in [5.74, 6) is 0.580. The largest absolute Gasteiger partial charge is 0.346 e. The zero-order valence-corrected chi connectivity index (χ0v) is 19.3. The molecule has 0 atom stereocenters. The number of carbonyl (C=O) groups excluding carboxylic acids is 1. The zero-order valence-electron chi connectivity index (χ0n) is 19.3. The molecule has 0 radical (unpaired) electrons. The molecule has 4 aromatic rings. The lowest BCUT2D eigenvalue weighted by atomic mass is 10.2. The average molecular weight is 446 g/mol. The third-order valence-corrected chi connectivity index (χ3v) is 5.85. The SMILES string of the molecule is CCN(CC)CCn1ccc2cc(NC(=O)CCCn3nnc(-c4ccccc4)n3)ccc21. The maximum absolute atomic E-state index is 12.4. The number of hydrogen-bond donors (Lipinski definition) is 1. The summed E-state index contributed by atoms with van der Waals surface area (Å²) in [5.41, 5.74) is 2.93. The Morgan fingerprint density at radius 2 is 1.85 bits per heavy atom. The van der Waals surface area contributed by atoms with Crippen molar-refractivity contribution in [2.45, 2.75) is 39.8 Å². The quantitative estimate of drug-likeness (QED) is 0.377. The Hall–Kier alpha value is -3.52. The molecule has 8 nitrogen and oxygen atoms in total. The van der Waals surface area contributed by atoms with Crippen LogP contribution in [0.4, 0.5) is 5.69 Å². The number of tetrazole rings is 1. The van der Waals surface area contributed by atoms with E-state index in [0.29, 0.717) is 25.2 Å². The third kappa shape index (κ3) is 5.84. The number of hydrogen-bond acceptors (Lipinski definition) is 5. The maximum atomic E-state index is 12.4. The van der Waals surface area contributed by atoms with Crippen molar-refractivity contribution in [1.82, 2.24) is 29.7 Å². The number of aromatic nitrogens is 5. The van der Waals surface area contributed by atoms with E-state index in [9.17, 15) is 4.79 Å². The number of rotatable bonds is 11. The molecule has 0 unspecified atom stereocenters. The van der Waals surface area contributed by atoms with Gasteiger partial charge in [-0.05, 0) is 49.0 Å². The van der Waals surface area contributed by atoms with Crippen LogP contribution < -0.4 is 5.32 Å². The monoisotopic (exact) mass is 445 g/mol. The van der Waals surface area contributed by atoms with Crippen molar-refractivity contribution in [3.05, 3.63) is 60.8 Å². The number of fused-ring (bicyclic) bond motifs is 1. The molecule has 4 rings (SSSR count). The van der Waals surface area contributed by atoms with Crippen molar-refractivity contribution < 1.29 is 4.79 Å². The van der Waals surface area contributed by atoms with E-state index in [4.69, 9.17) is 0 Å². The van der Waals surface area contributed by atoms with Gasteiger partial charge in [0.25, 0.3) is 0 Å². The van der Waals surface area contributed by atoms with Crippen molar-refractivity contribution in [1.29, 1.82) is 0 Å². The number of anilines is 1. The lowest BCUT2D eigenvalue weighted by Gasteiger charge is -2.18. The van der Waals surface area contributed by atoms with Crippen molar-refractivity contribution >= 4 is 22.5 Å². The molecule has 0 spiro atoms. The van der Waals surface area contributed by atoms with E-state index in [1.807, 2.05) is 42.5 Å². The Morgan fingerprint density at radius 3 is 2.64 bits per heavy atom. The van der Waals surface area contributed by atoms with Gasteiger partial charge in [0.1, 0.15) is 0 Å². The van der Waals surface area contributed by atoms with E-state index in [-0.39, 0.29) is 5.91 Å². The van der Waals surface area contributed by atoms with Gasteiger partial charge in [0.2, 0.25) is 11.7 Å². The molecular formula is C25H31N7O. The van der Waals surface area contributed by atoms with Crippen LogP contribution in [0, 0.1) is 0 Å². The van der Waals surface area contributed by atoms with E-state index < -0.39 is 0 Å². The normalized spacial score (nSPS) is 11.4. The molecule has 2 aromatic carbocycles. The summed E-state index contributed by atoms with van der Waals surface area (Å²) in [6, 6.07) is 17.9. The smallest absolute Gasteiger partial charge is 0.224 e. The van der Waals surface area contributed by atoms with Gasteiger partial charge in [0.05, 0.1) is 6.54 Å².